The molecular weight excluding hydrogens is 270 g/mol. The van der Waals surface area contributed by atoms with E-state index >= 15 is 0 Å². The molecule has 1 unspecified atom stereocenters. The normalized spacial score (nSPS) is 20.2. The van der Waals surface area contributed by atoms with Gasteiger partial charge in [0.05, 0.1) is 6.04 Å². The van der Waals surface area contributed by atoms with Crippen LogP contribution in [0.1, 0.15) is 54.3 Å². The predicted molar refractivity (Wildman–Crippen MR) is 78.8 cm³/mol. The van der Waals surface area contributed by atoms with Gasteiger partial charge in [-0.3, -0.25) is 4.79 Å². The van der Waals surface area contributed by atoms with Gasteiger partial charge in [-0.2, -0.15) is 0 Å². The van der Waals surface area contributed by atoms with Crippen LogP contribution in [0.25, 0.3) is 0 Å². The van der Waals surface area contributed by atoms with Gasteiger partial charge in [-0.1, -0.05) is 42.6 Å². The summed E-state index contributed by atoms with van der Waals surface area (Å²) in [6.45, 7) is 4.52. The van der Waals surface area contributed by atoms with Crippen LogP contribution in [0.2, 0.25) is 0 Å². The Morgan fingerprint density at radius 2 is 2.20 bits per heavy atom. The summed E-state index contributed by atoms with van der Waals surface area (Å²) < 4.78 is 3.73. The zero-order valence-electron chi connectivity index (χ0n) is 11.6. The molecule has 1 aromatic carbocycles. The van der Waals surface area contributed by atoms with Gasteiger partial charge in [0.15, 0.2) is 5.69 Å². The first-order valence-electron chi connectivity index (χ1n) is 6.75. The molecular formula is C15H17N3OS. The molecule has 1 aliphatic rings. The number of carbonyl (C=O) groups excluding carboxylic acids is 1. The standard InChI is InChI=1S/C15H17N3OS/c1-15(2)8-7-12(10-5-3-4-6-11(10)15)16-14(19)13-9-20-18-17-13/h3-6,9,12H,7-8H2,1-2H3,(H,16,19). The molecule has 0 fully saturated rings. The smallest absolute Gasteiger partial charge is 0.273 e. The van der Waals surface area contributed by atoms with Crippen molar-refractivity contribution < 1.29 is 4.79 Å². The third-order valence-corrected chi connectivity index (χ3v) is 4.53. The minimum absolute atomic E-state index is 0.0634. The second kappa shape index (κ2) is 4.98. The van der Waals surface area contributed by atoms with E-state index in [0.29, 0.717) is 5.69 Å². The molecule has 1 aromatic heterocycles. The number of nitrogens with one attached hydrogen (secondary N) is 1. The maximum atomic E-state index is 12.1. The number of hydrogen-bond donors (Lipinski definition) is 1. The molecule has 1 amide bonds. The van der Waals surface area contributed by atoms with Crippen LogP contribution in [0.4, 0.5) is 0 Å². The van der Waals surface area contributed by atoms with Crippen LogP contribution in [-0.4, -0.2) is 15.5 Å². The van der Waals surface area contributed by atoms with Crippen LogP contribution in [0, 0.1) is 0 Å². The topological polar surface area (TPSA) is 54.9 Å². The molecule has 1 atom stereocenters. The zero-order chi connectivity index (χ0) is 14.2. The van der Waals surface area contributed by atoms with E-state index in [-0.39, 0.29) is 17.4 Å². The van der Waals surface area contributed by atoms with Gasteiger partial charge in [-0.05, 0) is 40.9 Å². The van der Waals surface area contributed by atoms with Crippen LogP contribution >= 0.6 is 11.5 Å². The molecule has 0 aliphatic heterocycles. The first-order chi connectivity index (χ1) is 9.58. The molecule has 1 aliphatic carbocycles. The van der Waals surface area contributed by atoms with Crippen molar-refractivity contribution >= 4 is 17.4 Å². The molecule has 1 N–H and O–H groups in total. The van der Waals surface area contributed by atoms with E-state index in [9.17, 15) is 4.79 Å². The molecule has 0 saturated carbocycles. The lowest BCUT2D eigenvalue weighted by Crippen LogP contribution is -2.35. The first kappa shape index (κ1) is 13.2. The third-order valence-electron chi connectivity index (χ3n) is 4.02. The van der Waals surface area contributed by atoms with Crippen LogP contribution in [0.5, 0.6) is 0 Å². The van der Waals surface area contributed by atoms with Crippen molar-refractivity contribution in [1.82, 2.24) is 14.9 Å². The molecule has 0 spiro atoms. The Bertz CT molecular complexity index is 622. The van der Waals surface area contributed by atoms with E-state index < -0.39 is 0 Å². The quantitative estimate of drug-likeness (QED) is 0.923. The van der Waals surface area contributed by atoms with Crippen molar-refractivity contribution in [3.05, 3.63) is 46.5 Å². The lowest BCUT2D eigenvalue weighted by atomic mass is 9.71. The Hall–Kier alpha value is -1.75. The molecule has 4 nitrogen and oxygen atoms in total. The molecule has 5 heteroatoms. The highest BCUT2D eigenvalue weighted by Crippen LogP contribution is 2.41. The zero-order valence-corrected chi connectivity index (χ0v) is 12.4. The van der Waals surface area contributed by atoms with Gasteiger partial charge in [0.2, 0.25) is 0 Å². The number of aromatic nitrogens is 2. The molecule has 0 saturated heterocycles. The number of fused-ring (bicyclic) bond motifs is 1. The van der Waals surface area contributed by atoms with Crippen molar-refractivity contribution in [2.45, 2.75) is 38.1 Å². The van der Waals surface area contributed by atoms with Crippen molar-refractivity contribution in [3.63, 3.8) is 0 Å². The number of hydrogen-bond acceptors (Lipinski definition) is 4. The highest BCUT2D eigenvalue weighted by molar-refractivity contribution is 7.03. The molecule has 0 bridgehead atoms. The van der Waals surface area contributed by atoms with E-state index in [2.05, 4.69) is 47.0 Å². The fourth-order valence-electron chi connectivity index (χ4n) is 2.86. The minimum atomic E-state index is -0.141. The monoisotopic (exact) mass is 287 g/mol. The van der Waals surface area contributed by atoms with Gasteiger partial charge in [0, 0.05) is 5.38 Å². The van der Waals surface area contributed by atoms with E-state index in [0.717, 1.165) is 12.8 Å². The van der Waals surface area contributed by atoms with Gasteiger partial charge >= 0.3 is 0 Å². The van der Waals surface area contributed by atoms with Gasteiger partial charge < -0.3 is 5.32 Å². The SMILES string of the molecule is CC1(C)CCC(NC(=O)c2csnn2)c2ccccc21. The molecule has 3 rings (SSSR count). The summed E-state index contributed by atoms with van der Waals surface area (Å²) in [4.78, 5) is 12.1. The Kier molecular flexibility index (Phi) is 3.30. The summed E-state index contributed by atoms with van der Waals surface area (Å²) in [5.74, 6) is -0.141. The number of nitrogens with zero attached hydrogens (tertiary/aromatic N) is 2. The van der Waals surface area contributed by atoms with Crippen LogP contribution in [0.15, 0.2) is 29.6 Å². The van der Waals surface area contributed by atoms with E-state index in [1.54, 1.807) is 5.38 Å². The maximum absolute atomic E-state index is 12.1. The predicted octanol–water partition coefficient (Wildman–Crippen LogP) is 3.08. The van der Waals surface area contributed by atoms with E-state index in [1.165, 1.54) is 22.7 Å². The van der Waals surface area contributed by atoms with Gasteiger partial charge in [-0.25, -0.2) is 0 Å². The van der Waals surface area contributed by atoms with Crippen LogP contribution < -0.4 is 5.32 Å². The lowest BCUT2D eigenvalue weighted by Gasteiger charge is -2.37. The van der Waals surface area contributed by atoms with Crippen LogP contribution in [0.3, 0.4) is 0 Å². The number of rotatable bonds is 2. The number of carbonyl (C=O) groups is 1. The van der Waals surface area contributed by atoms with Gasteiger partial charge in [-0.15, -0.1) is 5.10 Å². The summed E-state index contributed by atoms with van der Waals surface area (Å²) in [6, 6.07) is 8.44. The minimum Gasteiger partial charge on any atom is -0.344 e. The molecule has 1 heterocycles. The second-order valence-corrected chi connectivity index (χ2v) is 6.44. The Morgan fingerprint density at radius 1 is 1.40 bits per heavy atom. The van der Waals surface area contributed by atoms with Gasteiger partial charge in [0.25, 0.3) is 5.91 Å². The Balaban J connectivity index is 1.87. The summed E-state index contributed by atoms with van der Waals surface area (Å²) >= 11 is 1.19. The molecule has 20 heavy (non-hydrogen) atoms. The van der Waals surface area contributed by atoms with E-state index in [4.69, 9.17) is 0 Å². The van der Waals surface area contributed by atoms with Crippen molar-refractivity contribution in [1.29, 1.82) is 0 Å². The summed E-state index contributed by atoms with van der Waals surface area (Å²) in [5, 5.41) is 8.58. The first-order valence-corrected chi connectivity index (χ1v) is 7.59. The second-order valence-electron chi connectivity index (χ2n) is 5.83. The lowest BCUT2D eigenvalue weighted by molar-refractivity contribution is 0.0924. The van der Waals surface area contributed by atoms with Gasteiger partial charge in [0.1, 0.15) is 0 Å². The summed E-state index contributed by atoms with van der Waals surface area (Å²) in [5.41, 5.74) is 3.12. The van der Waals surface area contributed by atoms with Crippen molar-refractivity contribution in [2.24, 2.45) is 0 Å². The van der Waals surface area contributed by atoms with Crippen LogP contribution in [-0.2, 0) is 5.41 Å². The highest BCUT2D eigenvalue weighted by Gasteiger charge is 2.33. The largest absolute Gasteiger partial charge is 0.344 e. The average molecular weight is 287 g/mol. The van der Waals surface area contributed by atoms with Crippen molar-refractivity contribution in [3.8, 4) is 0 Å². The average Bonchev–Trinajstić information content (AvgIpc) is 2.96. The maximum Gasteiger partial charge on any atom is 0.273 e. The summed E-state index contributed by atoms with van der Waals surface area (Å²) in [7, 11) is 0. The molecule has 104 valence electrons. The Morgan fingerprint density at radius 3 is 2.95 bits per heavy atom. The van der Waals surface area contributed by atoms with Crippen molar-refractivity contribution in [2.75, 3.05) is 0 Å². The third kappa shape index (κ3) is 2.33. The number of benzene rings is 1. The fraction of sp³-hybridized carbons (Fsp3) is 0.400. The highest BCUT2D eigenvalue weighted by atomic mass is 32.1. The van der Waals surface area contributed by atoms with E-state index in [1.807, 2.05) is 6.07 Å². The fourth-order valence-corrected chi connectivity index (χ4v) is 3.29. The Labute approximate surface area is 122 Å². The molecule has 0 radical (unpaired) electrons. The summed E-state index contributed by atoms with van der Waals surface area (Å²) in [6.07, 6.45) is 2.01. The molecule has 2 aromatic rings. The number of amides is 1.